The van der Waals surface area contributed by atoms with Crippen LogP contribution in [0.5, 0.6) is 0 Å². The lowest BCUT2D eigenvalue weighted by Crippen LogP contribution is -2.30. The summed E-state index contributed by atoms with van der Waals surface area (Å²) >= 11 is 0. The van der Waals surface area contributed by atoms with Gasteiger partial charge in [-0.2, -0.15) is 0 Å². The molecule has 1 aliphatic heterocycles. The molecule has 4 rings (SSSR count). The van der Waals surface area contributed by atoms with Crippen LogP contribution in [0.15, 0.2) is 18.2 Å². The second kappa shape index (κ2) is 5.09. The molecule has 1 aromatic heterocycles. The van der Waals surface area contributed by atoms with E-state index in [0.717, 1.165) is 23.3 Å². The second-order valence-corrected chi connectivity index (χ2v) is 8.21. The van der Waals surface area contributed by atoms with Gasteiger partial charge in [0.25, 0.3) is 0 Å². The highest BCUT2D eigenvalue weighted by Gasteiger charge is 2.36. The van der Waals surface area contributed by atoms with E-state index in [1.165, 1.54) is 43.2 Å². The van der Waals surface area contributed by atoms with Crippen molar-refractivity contribution in [1.29, 1.82) is 0 Å². The molecule has 2 aliphatic rings. The Hall–Kier alpha value is -1.35. The smallest absolute Gasteiger partial charge is 0.124 e. The van der Waals surface area contributed by atoms with Crippen molar-refractivity contribution in [2.45, 2.75) is 70.4 Å². The summed E-state index contributed by atoms with van der Waals surface area (Å²) in [5, 5.41) is 3.82. The van der Waals surface area contributed by atoms with Gasteiger partial charge in [0, 0.05) is 6.04 Å². The fourth-order valence-electron chi connectivity index (χ4n) is 4.19. The Balaban J connectivity index is 1.63. The van der Waals surface area contributed by atoms with Crippen LogP contribution in [0.25, 0.3) is 11.0 Å². The first-order valence-corrected chi connectivity index (χ1v) is 8.77. The molecule has 2 N–H and O–H groups in total. The summed E-state index contributed by atoms with van der Waals surface area (Å²) in [5.74, 6) is 1.99. The van der Waals surface area contributed by atoms with Gasteiger partial charge in [-0.25, -0.2) is 4.98 Å². The van der Waals surface area contributed by atoms with E-state index >= 15 is 0 Å². The van der Waals surface area contributed by atoms with Gasteiger partial charge in [-0.3, -0.25) is 0 Å². The van der Waals surface area contributed by atoms with Crippen molar-refractivity contribution in [3.05, 3.63) is 29.6 Å². The monoisotopic (exact) mass is 297 g/mol. The van der Waals surface area contributed by atoms with Gasteiger partial charge in [0.05, 0.1) is 17.1 Å². The molecule has 3 unspecified atom stereocenters. The third kappa shape index (κ3) is 2.45. The van der Waals surface area contributed by atoms with Crippen molar-refractivity contribution < 1.29 is 0 Å². The molecule has 3 nitrogen and oxygen atoms in total. The first-order chi connectivity index (χ1) is 10.5. The van der Waals surface area contributed by atoms with Crippen LogP contribution in [0.1, 0.15) is 70.3 Å². The van der Waals surface area contributed by atoms with Gasteiger partial charge in [-0.15, -0.1) is 0 Å². The van der Waals surface area contributed by atoms with Crippen LogP contribution in [-0.2, 0) is 5.41 Å². The molecule has 1 saturated carbocycles. The van der Waals surface area contributed by atoms with Crippen LogP contribution in [0.3, 0.4) is 0 Å². The number of fused-ring (bicyclic) bond motifs is 2. The van der Waals surface area contributed by atoms with Crippen LogP contribution in [-0.4, -0.2) is 16.0 Å². The molecule has 22 heavy (non-hydrogen) atoms. The van der Waals surface area contributed by atoms with Gasteiger partial charge in [0.1, 0.15) is 5.82 Å². The number of rotatable bonds is 1. The van der Waals surface area contributed by atoms with E-state index in [-0.39, 0.29) is 5.41 Å². The minimum Gasteiger partial charge on any atom is -0.341 e. The number of hydrogen-bond donors (Lipinski definition) is 2. The minimum atomic E-state index is 0.181. The zero-order valence-corrected chi connectivity index (χ0v) is 13.9. The molecule has 3 atom stereocenters. The lowest BCUT2D eigenvalue weighted by atomic mass is 9.85. The Bertz CT molecular complexity index is 666. The maximum atomic E-state index is 4.86. The third-order valence-electron chi connectivity index (χ3n) is 5.56. The van der Waals surface area contributed by atoms with Gasteiger partial charge in [0.15, 0.2) is 0 Å². The summed E-state index contributed by atoms with van der Waals surface area (Å²) < 4.78 is 0. The topological polar surface area (TPSA) is 40.7 Å². The number of hydrogen-bond acceptors (Lipinski definition) is 2. The normalized spacial score (nSPS) is 29.0. The van der Waals surface area contributed by atoms with Crippen LogP contribution in [0.4, 0.5) is 0 Å². The number of nitrogens with zero attached hydrogens (tertiary/aromatic N) is 1. The number of benzene rings is 1. The van der Waals surface area contributed by atoms with Gasteiger partial charge >= 0.3 is 0 Å². The van der Waals surface area contributed by atoms with E-state index < -0.39 is 0 Å². The van der Waals surface area contributed by atoms with E-state index in [0.29, 0.717) is 6.04 Å². The number of aromatic amines is 1. The highest BCUT2D eigenvalue weighted by Crippen LogP contribution is 2.38. The Kier molecular flexibility index (Phi) is 3.30. The summed E-state index contributed by atoms with van der Waals surface area (Å²) in [4.78, 5) is 8.44. The minimum absolute atomic E-state index is 0.181. The molecule has 0 spiro atoms. The lowest BCUT2D eigenvalue weighted by Gasteiger charge is -2.24. The molecule has 118 valence electrons. The predicted octanol–water partition coefficient (Wildman–Crippen LogP) is 4.45. The second-order valence-electron chi connectivity index (χ2n) is 8.21. The Morgan fingerprint density at radius 3 is 2.73 bits per heavy atom. The van der Waals surface area contributed by atoms with Crippen molar-refractivity contribution in [3.8, 4) is 0 Å². The lowest BCUT2D eigenvalue weighted by molar-refractivity contribution is 0.325. The molecule has 1 aromatic carbocycles. The molecular weight excluding hydrogens is 270 g/mol. The molecule has 3 heteroatoms. The first-order valence-electron chi connectivity index (χ1n) is 8.77. The van der Waals surface area contributed by atoms with Crippen molar-refractivity contribution in [2.24, 2.45) is 5.92 Å². The predicted molar refractivity (Wildman–Crippen MR) is 91.0 cm³/mol. The maximum absolute atomic E-state index is 4.86. The number of H-pyrrole nitrogens is 1. The van der Waals surface area contributed by atoms with Gasteiger partial charge in [-0.05, 0) is 48.3 Å². The highest BCUT2D eigenvalue weighted by atomic mass is 15.1. The standard InChI is InChI=1S/C19H27N3/c1-19(2,3)13-8-9-15-16(11-13)22-18(21-15)17-10-12-6-4-5-7-14(12)20-17/h8-9,11-12,14,17,20H,4-7,10H2,1-3H3,(H,21,22). The van der Waals surface area contributed by atoms with Crippen LogP contribution in [0.2, 0.25) is 0 Å². The quantitative estimate of drug-likeness (QED) is 0.816. The van der Waals surface area contributed by atoms with Gasteiger partial charge in [-0.1, -0.05) is 39.7 Å². The molecule has 1 saturated heterocycles. The molecule has 1 aliphatic carbocycles. The van der Waals surface area contributed by atoms with E-state index in [1.807, 2.05) is 0 Å². The number of imidazole rings is 1. The van der Waals surface area contributed by atoms with Crippen LogP contribution < -0.4 is 5.32 Å². The van der Waals surface area contributed by atoms with E-state index in [2.05, 4.69) is 49.3 Å². The Morgan fingerprint density at radius 2 is 1.95 bits per heavy atom. The van der Waals surface area contributed by atoms with Crippen molar-refractivity contribution >= 4 is 11.0 Å². The fraction of sp³-hybridized carbons (Fsp3) is 0.632. The summed E-state index contributed by atoms with van der Waals surface area (Å²) in [5.41, 5.74) is 3.82. The van der Waals surface area contributed by atoms with E-state index in [1.54, 1.807) is 0 Å². The average Bonchev–Trinajstić information content (AvgIpc) is 3.08. The summed E-state index contributed by atoms with van der Waals surface area (Å²) in [6.45, 7) is 6.78. The average molecular weight is 297 g/mol. The Labute approximate surface area is 132 Å². The Morgan fingerprint density at radius 1 is 1.14 bits per heavy atom. The highest BCUT2D eigenvalue weighted by molar-refractivity contribution is 5.76. The molecule has 2 heterocycles. The first kappa shape index (κ1) is 14.3. The van der Waals surface area contributed by atoms with Crippen LogP contribution >= 0.6 is 0 Å². The molecular formula is C19H27N3. The fourth-order valence-corrected chi connectivity index (χ4v) is 4.19. The summed E-state index contributed by atoms with van der Waals surface area (Å²) in [6, 6.07) is 7.79. The van der Waals surface area contributed by atoms with E-state index in [4.69, 9.17) is 4.98 Å². The molecule has 2 aromatic rings. The summed E-state index contributed by atoms with van der Waals surface area (Å²) in [6.07, 6.45) is 6.77. The largest absolute Gasteiger partial charge is 0.341 e. The van der Waals surface area contributed by atoms with Crippen LogP contribution in [0, 0.1) is 5.92 Å². The summed E-state index contributed by atoms with van der Waals surface area (Å²) in [7, 11) is 0. The van der Waals surface area contributed by atoms with Crippen molar-refractivity contribution in [1.82, 2.24) is 15.3 Å². The maximum Gasteiger partial charge on any atom is 0.124 e. The van der Waals surface area contributed by atoms with Gasteiger partial charge < -0.3 is 10.3 Å². The van der Waals surface area contributed by atoms with Crippen molar-refractivity contribution in [2.75, 3.05) is 0 Å². The molecule has 0 bridgehead atoms. The third-order valence-corrected chi connectivity index (χ3v) is 5.56. The zero-order chi connectivity index (χ0) is 15.3. The molecule has 2 fully saturated rings. The van der Waals surface area contributed by atoms with E-state index in [9.17, 15) is 0 Å². The molecule has 0 radical (unpaired) electrons. The zero-order valence-electron chi connectivity index (χ0n) is 13.9. The number of aromatic nitrogens is 2. The molecule has 0 amide bonds. The van der Waals surface area contributed by atoms with Gasteiger partial charge in [0.2, 0.25) is 0 Å². The van der Waals surface area contributed by atoms with Crippen molar-refractivity contribution in [3.63, 3.8) is 0 Å². The SMILES string of the molecule is CC(C)(C)c1ccc2nc(C3CC4CCCCC4N3)[nH]c2c1. The number of nitrogens with one attached hydrogen (secondary N) is 2.